The third kappa shape index (κ3) is 3.74. The van der Waals surface area contributed by atoms with Gasteiger partial charge in [0, 0.05) is 6.54 Å². The summed E-state index contributed by atoms with van der Waals surface area (Å²) in [5, 5.41) is 3.64. The van der Waals surface area contributed by atoms with Crippen molar-refractivity contribution in [3.8, 4) is 11.8 Å². The predicted octanol–water partition coefficient (Wildman–Crippen LogP) is 2.80. The van der Waals surface area contributed by atoms with Crippen LogP contribution in [0.25, 0.3) is 0 Å². The predicted molar refractivity (Wildman–Crippen MR) is 78.8 cm³/mol. The molecular weight excluding hydrogens is 278 g/mol. The highest BCUT2D eigenvalue weighted by Gasteiger charge is 2.05. The van der Waals surface area contributed by atoms with Gasteiger partial charge >= 0.3 is 6.01 Å². The van der Waals surface area contributed by atoms with Crippen molar-refractivity contribution in [3.63, 3.8) is 0 Å². The summed E-state index contributed by atoms with van der Waals surface area (Å²) in [5.41, 5.74) is 1.17. The molecule has 0 aliphatic rings. The van der Waals surface area contributed by atoms with Gasteiger partial charge in [0.25, 0.3) is 0 Å². The second-order valence-corrected chi connectivity index (χ2v) is 4.49. The van der Waals surface area contributed by atoms with E-state index in [1.807, 2.05) is 24.3 Å². The molecule has 0 saturated heterocycles. The van der Waals surface area contributed by atoms with Crippen LogP contribution in [0.15, 0.2) is 30.5 Å². The number of hydrogen-bond donors (Lipinski definition) is 1. The van der Waals surface area contributed by atoms with Crippen molar-refractivity contribution in [2.24, 2.45) is 0 Å². The molecule has 1 aromatic carbocycles. The van der Waals surface area contributed by atoms with Crippen molar-refractivity contribution in [3.05, 3.63) is 41.0 Å². The van der Waals surface area contributed by atoms with E-state index >= 15 is 0 Å². The van der Waals surface area contributed by atoms with E-state index in [0.717, 1.165) is 12.2 Å². The summed E-state index contributed by atoms with van der Waals surface area (Å²) < 4.78 is 10.2. The Morgan fingerprint density at radius 2 is 2.10 bits per heavy atom. The van der Waals surface area contributed by atoms with Gasteiger partial charge in [-0.05, 0) is 24.1 Å². The zero-order valence-electron chi connectivity index (χ0n) is 11.4. The largest absolute Gasteiger partial charge is 0.497 e. The molecule has 1 N–H and O–H groups in total. The molecule has 0 radical (unpaired) electrons. The minimum atomic E-state index is 0.290. The van der Waals surface area contributed by atoms with Gasteiger partial charge < -0.3 is 14.8 Å². The minimum Gasteiger partial charge on any atom is -0.497 e. The van der Waals surface area contributed by atoms with E-state index in [9.17, 15) is 0 Å². The first-order valence-corrected chi connectivity index (χ1v) is 6.54. The maximum atomic E-state index is 6.02. The lowest BCUT2D eigenvalue weighted by Crippen LogP contribution is -2.08. The highest BCUT2D eigenvalue weighted by molar-refractivity contribution is 6.32. The Morgan fingerprint density at radius 1 is 1.25 bits per heavy atom. The fraction of sp³-hybridized carbons (Fsp3) is 0.286. The van der Waals surface area contributed by atoms with Crippen LogP contribution in [0.2, 0.25) is 5.02 Å². The van der Waals surface area contributed by atoms with Crippen LogP contribution in [0.4, 0.5) is 5.82 Å². The standard InChI is InChI=1S/C14H16ClN3O2/c1-19-11-5-3-4-10(8-11)6-7-16-13-12(15)9-17-14(18-13)20-2/h3-5,8-9H,6-7H2,1-2H3,(H,16,17,18). The zero-order chi connectivity index (χ0) is 14.4. The van der Waals surface area contributed by atoms with Gasteiger partial charge in [-0.15, -0.1) is 0 Å². The molecule has 0 fully saturated rings. The number of nitrogens with one attached hydrogen (secondary N) is 1. The molecule has 2 rings (SSSR count). The van der Waals surface area contributed by atoms with Crippen molar-refractivity contribution in [2.45, 2.75) is 6.42 Å². The minimum absolute atomic E-state index is 0.290. The smallest absolute Gasteiger partial charge is 0.318 e. The first kappa shape index (κ1) is 14.4. The fourth-order valence-electron chi connectivity index (χ4n) is 1.73. The number of aromatic nitrogens is 2. The first-order valence-electron chi connectivity index (χ1n) is 6.16. The number of halogens is 1. The lowest BCUT2D eigenvalue weighted by molar-refractivity contribution is 0.380. The van der Waals surface area contributed by atoms with E-state index in [1.165, 1.54) is 18.9 Å². The number of ether oxygens (including phenoxy) is 2. The van der Waals surface area contributed by atoms with Crippen LogP contribution in [-0.2, 0) is 6.42 Å². The van der Waals surface area contributed by atoms with Gasteiger partial charge in [0.2, 0.25) is 0 Å². The monoisotopic (exact) mass is 293 g/mol. The molecule has 0 atom stereocenters. The van der Waals surface area contributed by atoms with Crippen LogP contribution < -0.4 is 14.8 Å². The molecule has 106 valence electrons. The summed E-state index contributed by atoms with van der Waals surface area (Å²) in [4.78, 5) is 8.08. The van der Waals surface area contributed by atoms with Crippen molar-refractivity contribution in [1.82, 2.24) is 9.97 Å². The van der Waals surface area contributed by atoms with Gasteiger partial charge in [0.15, 0.2) is 5.82 Å². The van der Waals surface area contributed by atoms with E-state index < -0.39 is 0 Å². The van der Waals surface area contributed by atoms with Crippen LogP contribution >= 0.6 is 11.6 Å². The molecule has 1 heterocycles. The fourth-order valence-corrected chi connectivity index (χ4v) is 1.88. The average Bonchev–Trinajstić information content (AvgIpc) is 2.49. The molecule has 0 aliphatic heterocycles. The van der Waals surface area contributed by atoms with Gasteiger partial charge in [-0.3, -0.25) is 0 Å². The summed E-state index contributed by atoms with van der Waals surface area (Å²) in [6.45, 7) is 0.701. The Bertz CT molecular complexity index is 578. The van der Waals surface area contributed by atoms with E-state index in [-0.39, 0.29) is 0 Å². The molecule has 6 heteroatoms. The SMILES string of the molecule is COc1cccc(CCNc2nc(OC)ncc2Cl)c1. The average molecular weight is 294 g/mol. The molecule has 0 unspecified atom stereocenters. The maximum Gasteiger partial charge on any atom is 0.318 e. The summed E-state index contributed by atoms with van der Waals surface area (Å²) in [6, 6.07) is 8.23. The highest BCUT2D eigenvalue weighted by atomic mass is 35.5. The molecule has 0 amide bonds. The molecule has 2 aromatic rings. The molecular formula is C14H16ClN3O2. The summed E-state index contributed by atoms with van der Waals surface area (Å²) >= 11 is 6.02. The van der Waals surface area contributed by atoms with Gasteiger partial charge in [-0.25, -0.2) is 4.98 Å². The second kappa shape index (κ2) is 6.96. The summed E-state index contributed by atoms with van der Waals surface area (Å²) in [5.74, 6) is 1.42. The Balaban J connectivity index is 1.95. The van der Waals surface area contributed by atoms with E-state index in [1.54, 1.807) is 7.11 Å². The van der Waals surface area contributed by atoms with Gasteiger partial charge in [-0.2, -0.15) is 4.98 Å². The number of benzene rings is 1. The Labute approximate surface area is 122 Å². The normalized spacial score (nSPS) is 10.2. The topological polar surface area (TPSA) is 56.3 Å². The molecule has 0 bridgehead atoms. The zero-order valence-corrected chi connectivity index (χ0v) is 12.1. The van der Waals surface area contributed by atoms with Crippen LogP contribution in [-0.4, -0.2) is 30.7 Å². The molecule has 20 heavy (non-hydrogen) atoms. The third-order valence-corrected chi connectivity index (χ3v) is 3.02. The Kier molecular flexibility index (Phi) is 5.01. The quantitative estimate of drug-likeness (QED) is 0.887. The molecule has 0 saturated carbocycles. The summed E-state index contributed by atoms with van der Waals surface area (Å²) in [6.07, 6.45) is 2.35. The van der Waals surface area contributed by atoms with Crippen LogP contribution in [0.5, 0.6) is 11.8 Å². The first-order chi connectivity index (χ1) is 9.72. The molecule has 1 aromatic heterocycles. The van der Waals surface area contributed by atoms with Crippen molar-refractivity contribution in [1.29, 1.82) is 0 Å². The van der Waals surface area contributed by atoms with Crippen molar-refractivity contribution < 1.29 is 9.47 Å². The lowest BCUT2D eigenvalue weighted by Gasteiger charge is -2.09. The van der Waals surface area contributed by atoms with Gasteiger partial charge in [0.05, 0.1) is 20.4 Å². The van der Waals surface area contributed by atoms with Crippen LogP contribution in [0, 0.1) is 0 Å². The number of anilines is 1. The molecule has 5 nitrogen and oxygen atoms in total. The van der Waals surface area contributed by atoms with E-state index in [4.69, 9.17) is 21.1 Å². The lowest BCUT2D eigenvalue weighted by atomic mass is 10.1. The van der Waals surface area contributed by atoms with Crippen LogP contribution in [0.1, 0.15) is 5.56 Å². The number of rotatable bonds is 6. The second-order valence-electron chi connectivity index (χ2n) is 4.08. The Morgan fingerprint density at radius 3 is 2.85 bits per heavy atom. The molecule has 0 spiro atoms. The van der Waals surface area contributed by atoms with Crippen LogP contribution in [0.3, 0.4) is 0 Å². The van der Waals surface area contributed by atoms with Crippen molar-refractivity contribution >= 4 is 17.4 Å². The number of nitrogens with zero attached hydrogens (tertiary/aromatic N) is 2. The highest BCUT2D eigenvalue weighted by Crippen LogP contribution is 2.20. The van der Waals surface area contributed by atoms with E-state index in [2.05, 4.69) is 15.3 Å². The number of hydrogen-bond acceptors (Lipinski definition) is 5. The summed E-state index contributed by atoms with van der Waals surface area (Å²) in [7, 11) is 3.17. The van der Waals surface area contributed by atoms with Gasteiger partial charge in [0.1, 0.15) is 10.8 Å². The van der Waals surface area contributed by atoms with Crippen molar-refractivity contribution in [2.75, 3.05) is 26.1 Å². The van der Waals surface area contributed by atoms with E-state index in [0.29, 0.717) is 23.4 Å². The number of methoxy groups -OCH3 is 2. The Hall–Kier alpha value is -2.01. The van der Waals surface area contributed by atoms with Gasteiger partial charge in [-0.1, -0.05) is 23.7 Å². The third-order valence-electron chi connectivity index (χ3n) is 2.74. The molecule has 0 aliphatic carbocycles. The maximum absolute atomic E-state index is 6.02.